The van der Waals surface area contributed by atoms with Gasteiger partial charge >= 0.3 is 0 Å². The molecule has 0 saturated carbocycles. The fourth-order valence-corrected chi connectivity index (χ4v) is 2.10. The highest BCUT2D eigenvalue weighted by Gasteiger charge is 2.07. The molecule has 0 atom stereocenters. The number of ether oxygens (including phenoxy) is 1. The minimum absolute atomic E-state index is 0.0455. The predicted molar refractivity (Wildman–Crippen MR) is 70.7 cm³/mol. The molecule has 0 aliphatic carbocycles. The number of carbonyl (C=O) groups excluding carboxylic acids is 1. The lowest BCUT2D eigenvalue weighted by Gasteiger charge is -2.03. The maximum absolute atomic E-state index is 12.0. The first kappa shape index (κ1) is 11.6. The molecule has 1 aromatic heterocycles. The highest BCUT2D eigenvalue weighted by atomic mass is 32.1. The average molecular weight is 244 g/mol. The first-order chi connectivity index (χ1) is 8.31. The van der Waals surface area contributed by atoms with E-state index in [4.69, 9.17) is 4.74 Å². The van der Waals surface area contributed by atoms with Crippen LogP contribution in [-0.4, -0.2) is 12.9 Å². The zero-order valence-electron chi connectivity index (χ0n) is 9.42. The number of carbonyl (C=O) groups is 1. The number of methoxy groups -OCH3 is 1. The molecule has 0 aliphatic heterocycles. The van der Waals surface area contributed by atoms with Crippen LogP contribution >= 0.6 is 11.3 Å². The molecule has 0 fully saturated rings. The van der Waals surface area contributed by atoms with Gasteiger partial charge in [-0.3, -0.25) is 4.79 Å². The van der Waals surface area contributed by atoms with E-state index >= 15 is 0 Å². The minimum atomic E-state index is -0.0455. The molecule has 0 bridgehead atoms. The van der Waals surface area contributed by atoms with Gasteiger partial charge in [0.15, 0.2) is 5.78 Å². The summed E-state index contributed by atoms with van der Waals surface area (Å²) in [7, 11) is 1.56. The molecule has 17 heavy (non-hydrogen) atoms. The molecule has 1 heterocycles. The summed E-state index contributed by atoms with van der Waals surface area (Å²) in [6.45, 7) is 0. The third-order valence-electron chi connectivity index (χ3n) is 2.31. The van der Waals surface area contributed by atoms with E-state index < -0.39 is 0 Å². The van der Waals surface area contributed by atoms with Gasteiger partial charge in [-0.1, -0.05) is 18.2 Å². The molecule has 0 amide bonds. The van der Waals surface area contributed by atoms with Gasteiger partial charge in [0.2, 0.25) is 0 Å². The Balaban J connectivity index is 2.20. The zero-order chi connectivity index (χ0) is 12.1. The molecule has 0 radical (unpaired) electrons. The van der Waals surface area contributed by atoms with Crippen LogP contribution in [0.5, 0.6) is 5.75 Å². The lowest BCUT2D eigenvalue weighted by atomic mass is 10.1. The highest BCUT2D eigenvalue weighted by Crippen LogP contribution is 2.19. The van der Waals surface area contributed by atoms with Crippen molar-refractivity contribution in [2.24, 2.45) is 0 Å². The smallest absolute Gasteiger partial charge is 0.189 e. The quantitative estimate of drug-likeness (QED) is 0.606. The summed E-state index contributed by atoms with van der Waals surface area (Å²) in [5, 5.41) is 1.98. The summed E-state index contributed by atoms with van der Waals surface area (Å²) in [5.74, 6) is 0.559. The minimum Gasteiger partial charge on any atom is -0.496 e. The summed E-state index contributed by atoms with van der Waals surface area (Å²) in [6.07, 6.45) is 3.39. The molecule has 86 valence electrons. The zero-order valence-corrected chi connectivity index (χ0v) is 10.2. The predicted octanol–water partition coefficient (Wildman–Crippen LogP) is 3.65. The maximum atomic E-state index is 12.0. The Hall–Kier alpha value is -1.87. The summed E-state index contributed by atoms with van der Waals surface area (Å²) >= 11 is 1.60. The van der Waals surface area contributed by atoms with Gasteiger partial charge in [-0.05, 0) is 35.7 Å². The van der Waals surface area contributed by atoms with Crippen LogP contribution in [0.4, 0.5) is 0 Å². The SMILES string of the molecule is COc1ccccc1C(=O)C=Cc1cccs1. The number of hydrogen-bond acceptors (Lipinski definition) is 3. The van der Waals surface area contributed by atoms with E-state index in [0.29, 0.717) is 11.3 Å². The highest BCUT2D eigenvalue weighted by molar-refractivity contribution is 7.10. The molecule has 2 aromatic rings. The lowest BCUT2D eigenvalue weighted by Crippen LogP contribution is -1.98. The number of ketones is 1. The van der Waals surface area contributed by atoms with Crippen LogP contribution in [0.25, 0.3) is 6.08 Å². The van der Waals surface area contributed by atoms with Crippen molar-refractivity contribution in [1.82, 2.24) is 0 Å². The van der Waals surface area contributed by atoms with E-state index in [2.05, 4.69) is 0 Å². The number of para-hydroxylation sites is 1. The van der Waals surface area contributed by atoms with Crippen molar-refractivity contribution < 1.29 is 9.53 Å². The van der Waals surface area contributed by atoms with E-state index in [1.807, 2.05) is 35.7 Å². The van der Waals surface area contributed by atoms with Crippen molar-refractivity contribution in [3.63, 3.8) is 0 Å². The van der Waals surface area contributed by atoms with Gasteiger partial charge in [-0.25, -0.2) is 0 Å². The van der Waals surface area contributed by atoms with Gasteiger partial charge in [-0.2, -0.15) is 0 Å². The summed E-state index contributed by atoms with van der Waals surface area (Å²) in [6, 6.07) is 11.1. The molecule has 0 saturated heterocycles. The number of hydrogen-bond donors (Lipinski definition) is 0. The third kappa shape index (κ3) is 2.82. The molecule has 3 heteroatoms. The van der Waals surface area contributed by atoms with E-state index in [-0.39, 0.29) is 5.78 Å². The fraction of sp³-hybridized carbons (Fsp3) is 0.0714. The molecule has 0 spiro atoms. The summed E-state index contributed by atoms with van der Waals surface area (Å²) in [5.41, 5.74) is 0.586. The van der Waals surface area contributed by atoms with Gasteiger partial charge in [0.05, 0.1) is 12.7 Å². The van der Waals surface area contributed by atoms with Crippen LogP contribution in [0.3, 0.4) is 0 Å². The first-order valence-electron chi connectivity index (χ1n) is 5.20. The van der Waals surface area contributed by atoms with Gasteiger partial charge in [0.1, 0.15) is 5.75 Å². The van der Waals surface area contributed by atoms with Crippen molar-refractivity contribution in [1.29, 1.82) is 0 Å². The third-order valence-corrected chi connectivity index (χ3v) is 3.15. The van der Waals surface area contributed by atoms with Crippen LogP contribution in [-0.2, 0) is 0 Å². The van der Waals surface area contributed by atoms with Crippen LogP contribution < -0.4 is 4.74 Å². The van der Waals surface area contributed by atoms with Crippen molar-refractivity contribution in [2.75, 3.05) is 7.11 Å². The van der Waals surface area contributed by atoms with Crippen molar-refractivity contribution in [2.45, 2.75) is 0 Å². The second-order valence-electron chi connectivity index (χ2n) is 3.41. The molecule has 2 nitrogen and oxygen atoms in total. The number of benzene rings is 1. The Labute approximate surface area is 104 Å². The molecule has 1 aromatic carbocycles. The van der Waals surface area contributed by atoms with Crippen molar-refractivity contribution >= 4 is 23.2 Å². The van der Waals surface area contributed by atoms with Gasteiger partial charge in [0, 0.05) is 4.88 Å². The van der Waals surface area contributed by atoms with Gasteiger partial charge in [-0.15, -0.1) is 11.3 Å². The Kier molecular flexibility index (Phi) is 3.73. The van der Waals surface area contributed by atoms with Crippen molar-refractivity contribution in [3.8, 4) is 5.75 Å². The molecule has 2 rings (SSSR count). The number of allylic oxidation sites excluding steroid dienone is 1. The molecule has 0 aliphatic rings. The Morgan fingerprint density at radius 1 is 1.24 bits per heavy atom. The number of thiophene rings is 1. The van der Waals surface area contributed by atoms with Crippen LogP contribution in [0.2, 0.25) is 0 Å². The molecular formula is C14H12O2S. The Morgan fingerprint density at radius 2 is 2.06 bits per heavy atom. The van der Waals surface area contributed by atoms with E-state index in [1.165, 1.54) is 0 Å². The lowest BCUT2D eigenvalue weighted by molar-refractivity contribution is 0.104. The first-order valence-corrected chi connectivity index (χ1v) is 6.08. The van der Waals surface area contributed by atoms with Gasteiger partial charge < -0.3 is 4.74 Å². The Bertz CT molecular complexity index is 527. The van der Waals surface area contributed by atoms with Crippen LogP contribution in [0.15, 0.2) is 47.9 Å². The second-order valence-corrected chi connectivity index (χ2v) is 4.39. The van der Waals surface area contributed by atoms with Crippen LogP contribution in [0.1, 0.15) is 15.2 Å². The Morgan fingerprint density at radius 3 is 2.76 bits per heavy atom. The average Bonchev–Trinajstić information content (AvgIpc) is 2.89. The monoisotopic (exact) mass is 244 g/mol. The van der Waals surface area contributed by atoms with Crippen LogP contribution in [0, 0.1) is 0 Å². The standard InChI is InChI=1S/C14H12O2S/c1-16-14-7-3-2-6-12(14)13(15)9-8-11-5-4-10-17-11/h2-10H,1H3. The molecule has 0 unspecified atom stereocenters. The largest absolute Gasteiger partial charge is 0.496 e. The molecule has 0 N–H and O–H groups in total. The maximum Gasteiger partial charge on any atom is 0.189 e. The van der Waals surface area contributed by atoms with E-state index in [9.17, 15) is 4.79 Å². The second kappa shape index (κ2) is 5.46. The van der Waals surface area contributed by atoms with Gasteiger partial charge in [0.25, 0.3) is 0 Å². The topological polar surface area (TPSA) is 26.3 Å². The van der Waals surface area contributed by atoms with Crippen molar-refractivity contribution in [3.05, 3.63) is 58.3 Å². The normalized spacial score (nSPS) is 10.6. The van der Waals surface area contributed by atoms with E-state index in [1.54, 1.807) is 36.7 Å². The summed E-state index contributed by atoms with van der Waals surface area (Å²) in [4.78, 5) is 13.0. The van der Waals surface area contributed by atoms with E-state index in [0.717, 1.165) is 4.88 Å². The summed E-state index contributed by atoms with van der Waals surface area (Å²) < 4.78 is 5.15. The fourth-order valence-electron chi connectivity index (χ4n) is 1.48. The number of rotatable bonds is 4. The molecular weight excluding hydrogens is 232 g/mol.